The van der Waals surface area contributed by atoms with E-state index >= 15 is 0 Å². The lowest BCUT2D eigenvalue weighted by Crippen LogP contribution is -2.37. The number of nitrogens with one attached hydrogen (secondary N) is 2. The van der Waals surface area contributed by atoms with Crippen LogP contribution in [0.3, 0.4) is 0 Å². The molecule has 3 rings (SSSR count). The van der Waals surface area contributed by atoms with Gasteiger partial charge in [0.25, 0.3) is 0 Å². The summed E-state index contributed by atoms with van der Waals surface area (Å²) in [5, 5.41) is 4.52. The first kappa shape index (κ1) is 19.0. The molecular weight excluding hydrogens is 338 g/mol. The van der Waals surface area contributed by atoms with E-state index in [1.807, 2.05) is 27.1 Å². The van der Waals surface area contributed by atoms with Crippen LogP contribution in [-0.4, -0.2) is 44.7 Å². The van der Waals surface area contributed by atoms with Crippen molar-refractivity contribution in [3.63, 3.8) is 0 Å². The van der Waals surface area contributed by atoms with Crippen molar-refractivity contribution in [3.05, 3.63) is 65.9 Å². The van der Waals surface area contributed by atoms with Crippen LogP contribution in [-0.2, 0) is 9.53 Å². The Labute approximate surface area is 160 Å². The molecule has 0 saturated heterocycles. The van der Waals surface area contributed by atoms with Crippen molar-refractivity contribution in [1.29, 1.82) is 0 Å². The number of hydrogen-bond donors (Lipinski definition) is 2. The summed E-state index contributed by atoms with van der Waals surface area (Å²) in [5.41, 5.74) is 4.69. The smallest absolute Gasteiger partial charge is 0.322 e. The molecule has 2 N–H and O–H groups in total. The number of carbonyl (C=O) groups is 1. The third-order valence-corrected chi connectivity index (χ3v) is 4.99. The van der Waals surface area contributed by atoms with E-state index < -0.39 is 0 Å². The first-order chi connectivity index (χ1) is 13.0. The Kier molecular flexibility index (Phi) is 5.81. The van der Waals surface area contributed by atoms with Crippen LogP contribution in [0.25, 0.3) is 10.9 Å². The largest absolute Gasteiger partial charge is 0.468 e. The van der Waals surface area contributed by atoms with Crippen molar-refractivity contribution >= 4 is 22.6 Å². The zero-order chi connectivity index (χ0) is 19.4. The molecule has 2 atom stereocenters. The van der Waals surface area contributed by atoms with Gasteiger partial charge in [-0.15, -0.1) is 0 Å². The minimum absolute atomic E-state index is 0.115. The predicted octanol–water partition coefficient (Wildman–Crippen LogP) is 3.52. The first-order valence-corrected chi connectivity index (χ1v) is 9.15. The van der Waals surface area contributed by atoms with Crippen LogP contribution in [0, 0.1) is 0 Å². The number of aromatic amines is 1. The van der Waals surface area contributed by atoms with Crippen LogP contribution in [0.4, 0.5) is 5.69 Å². The van der Waals surface area contributed by atoms with Crippen molar-refractivity contribution < 1.29 is 9.53 Å². The summed E-state index contributed by atoms with van der Waals surface area (Å²) in [6.45, 7) is 2.46. The molecule has 0 bridgehead atoms. The van der Waals surface area contributed by atoms with E-state index in [4.69, 9.17) is 4.74 Å². The van der Waals surface area contributed by atoms with Crippen molar-refractivity contribution in [1.82, 2.24) is 10.3 Å². The molecule has 0 fully saturated rings. The minimum Gasteiger partial charge on any atom is -0.468 e. The molecule has 0 saturated carbocycles. The third kappa shape index (κ3) is 4.14. The highest BCUT2D eigenvalue weighted by Gasteiger charge is 2.21. The van der Waals surface area contributed by atoms with Gasteiger partial charge < -0.3 is 19.9 Å². The molecule has 142 valence electrons. The molecule has 1 aromatic heterocycles. The normalized spacial score (nSPS) is 13.3. The molecule has 0 aliphatic rings. The number of anilines is 1. The average Bonchev–Trinajstić information content (AvgIpc) is 3.11. The van der Waals surface area contributed by atoms with Crippen molar-refractivity contribution in [2.45, 2.75) is 18.9 Å². The van der Waals surface area contributed by atoms with Gasteiger partial charge in [-0.25, -0.2) is 0 Å². The van der Waals surface area contributed by atoms with Crippen molar-refractivity contribution in [2.75, 3.05) is 32.6 Å². The van der Waals surface area contributed by atoms with Gasteiger partial charge >= 0.3 is 5.97 Å². The number of rotatable bonds is 7. The maximum Gasteiger partial charge on any atom is 0.322 e. The Bertz CT molecular complexity index is 899. The second-order valence-electron chi connectivity index (χ2n) is 6.98. The fraction of sp³-hybridized carbons (Fsp3) is 0.318. The number of esters is 1. The molecule has 0 unspecified atom stereocenters. The number of fused-ring (bicyclic) bond motifs is 1. The molecule has 1 heterocycles. The molecule has 5 heteroatoms. The van der Waals surface area contributed by atoms with E-state index in [1.165, 1.54) is 23.6 Å². The highest BCUT2D eigenvalue weighted by atomic mass is 16.5. The summed E-state index contributed by atoms with van der Waals surface area (Å²) in [5.74, 6) is -0.139. The summed E-state index contributed by atoms with van der Waals surface area (Å²) in [6.07, 6.45) is 2.07. The van der Waals surface area contributed by atoms with E-state index in [0.29, 0.717) is 6.54 Å². The van der Waals surface area contributed by atoms with Gasteiger partial charge in [-0.2, -0.15) is 0 Å². The molecule has 0 radical (unpaired) electrons. The van der Waals surface area contributed by atoms with E-state index in [9.17, 15) is 4.79 Å². The maximum absolute atomic E-state index is 11.8. The van der Waals surface area contributed by atoms with E-state index in [1.54, 1.807) is 0 Å². The highest BCUT2D eigenvalue weighted by molar-refractivity contribution is 5.84. The Hall–Kier alpha value is -2.79. The number of H-pyrrole nitrogens is 1. The van der Waals surface area contributed by atoms with Gasteiger partial charge in [0, 0.05) is 49.3 Å². The number of methoxy groups -OCH3 is 1. The SMILES string of the molecule is COC(=O)[C@H](C)NC[C@H](c1ccc(N(C)C)cc1)c1c[nH]c2ccccc12. The van der Waals surface area contributed by atoms with Crippen LogP contribution in [0.5, 0.6) is 0 Å². The summed E-state index contributed by atoms with van der Waals surface area (Å²) in [6, 6.07) is 16.5. The zero-order valence-corrected chi connectivity index (χ0v) is 16.3. The monoisotopic (exact) mass is 365 g/mol. The lowest BCUT2D eigenvalue weighted by atomic mass is 9.90. The number of para-hydroxylation sites is 1. The summed E-state index contributed by atoms with van der Waals surface area (Å²) < 4.78 is 4.84. The third-order valence-electron chi connectivity index (χ3n) is 4.99. The lowest BCUT2D eigenvalue weighted by molar-refractivity contribution is -0.142. The van der Waals surface area contributed by atoms with E-state index in [-0.39, 0.29) is 17.9 Å². The molecule has 0 aliphatic carbocycles. The summed E-state index contributed by atoms with van der Waals surface area (Å²) in [7, 11) is 5.48. The number of carbonyl (C=O) groups excluding carboxylic acids is 1. The van der Waals surface area contributed by atoms with Gasteiger partial charge in [0.05, 0.1) is 7.11 Å². The number of ether oxygens (including phenoxy) is 1. The molecule has 0 aliphatic heterocycles. The van der Waals surface area contributed by atoms with Crippen LogP contribution in [0.2, 0.25) is 0 Å². The Morgan fingerprint density at radius 3 is 2.52 bits per heavy atom. The number of hydrogen-bond acceptors (Lipinski definition) is 4. The predicted molar refractivity (Wildman–Crippen MR) is 110 cm³/mol. The van der Waals surface area contributed by atoms with Crippen LogP contribution >= 0.6 is 0 Å². The molecule has 3 aromatic rings. The van der Waals surface area contributed by atoms with Gasteiger partial charge in [0.15, 0.2) is 0 Å². The zero-order valence-electron chi connectivity index (χ0n) is 16.3. The topological polar surface area (TPSA) is 57.4 Å². The van der Waals surface area contributed by atoms with Crippen molar-refractivity contribution in [3.8, 4) is 0 Å². The summed E-state index contributed by atoms with van der Waals surface area (Å²) in [4.78, 5) is 17.2. The maximum atomic E-state index is 11.8. The molecule has 0 amide bonds. The molecule has 0 spiro atoms. The Morgan fingerprint density at radius 1 is 1.15 bits per heavy atom. The van der Waals surface area contributed by atoms with Crippen molar-refractivity contribution in [2.24, 2.45) is 0 Å². The van der Waals surface area contributed by atoms with Gasteiger partial charge in [-0.1, -0.05) is 30.3 Å². The number of benzene rings is 2. The fourth-order valence-electron chi connectivity index (χ4n) is 3.35. The average molecular weight is 365 g/mol. The molecule has 27 heavy (non-hydrogen) atoms. The van der Waals surface area contributed by atoms with E-state index in [0.717, 1.165) is 11.2 Å². The van der Waals surface area contributed by atoms with Gasteiger partial charge in [0.2, 0.25) is 0 Å². The van der Waals surface area contributed by atoms with Crippen LogP contribution in [0.1, 0.15) is 24.0 Å². The van der Waals surface area contributed by atoms with E-state index in [2.05, 4.69) is 63.9 Å². The second-order valence-corrected chi connectivity index (χ2v) is 6.98. The minimum atomic E-state index is -0.358. The summed E-state index contributed by atoms with van der Waals surface area (Å²) >= 11 is 0. The lowest BCUT2D eigenvalue weighted by Gasteiger charge is -2.21. The first-order valence-electron chi connectivity index (χ1n) is 9.15. The van der Waals surface area contributed by atoms with Crippen LogP contribution in [0.15, 0.2) is 54.7 Å². The number of nitrogens with zero attached hydrogens (tertiary/aromatic N) is 1. The molecule has 5 nitrogen and oxygen atoms in total. The second kappa shape index (κ2) is 8.27. The van der Waals surface area contributed by atoms with Crippen LogP contribution < -0.4 is 10.2 Å². The van der Waals surface area contributed by atoms with Gasteiger partial charge in [0.1, 0.15) is 6.04 Å². The quantitative estimate of drug-likeness (QED) is 0.629. The standard InChI is InChI=1S/C22H27N3O2/c1-15(22(26)27-4)23-13-19(16-9-11-17(12-10-16)25(2)3)20-14-24-21-8-6-5-7-18(20)21/h5-12,14-15,19,23-24H,13H2,1-4H3/t15-,19+/m0/s1. The van der Waals surface area contributed by atoms with Gasteiger partial charge in [-0.3, -0.25) is 4.79 Å². The Balaban J connectivity index is 1.94. The number of aromatic nitrogens is 1. The molecular formula is C22H27N3O2. The van der Waals surface area contributed by atoms with Gasteiger partial charge in [-0.05, 0) is 36.2 Å². The fourth-order valence-corrected chi connectivity index (χ4v) is 3.35. The molecule has 2 aromatic carbocycles. The Morgan fingerprint density at radius 2 is 1.85 bits per heavy atom. The highest BCUT2D eigenvalue weighted by Crippen LogP contribution is 2.31.